The van der Waals surface area contributed by atoms with Crippen LogP contribution in [0.5, 0.6) is 0 Å². The summed E-state index contributed by atoms with van der Waals surface area (Å²) < 4.78 is 1.60. The molecule has 0 atom stereocenters. The molecule has 1 aliphatic rings. The zero-order valence-corrected chi connectivity index (χ0v) is 14.9. The number of benzene rings is 1. The van der Waals surface area contributed by atoms with Crippen molar-refractivity contribution in [3.8, 4) is 11.8 Å². The number of amides is 1. The Morgan fingerprint density at radius 2 is 2.04 bits per heavy atom. The lowest BCUT2D eigenvalue weighted by Gasteiger charge is -2.09. The van der Waals surface area contributed by atoms with Gasteiger partial charge in [0.15, 0.2) is 0 Å². The molecule has 1 aliphatic carbocycles. The zero-order valence-electron chi connectivity index (χ0n) is 14.9. The summed E-state index contributed by atoms with van der Waals surface area (Å²) in [4.78, 5) is 12.0. The standard InChI is InChI=1S/C20H25N5O/c21-14-17-18(24-25(20(17)22)16-9-2-1-3-10-16)11-6-12-23-19(26)13-15-7-4-5-8-15/h1-3,9-10,15H,4-8,11-13,22H2,(H,23,26). The predicted molar refractivity (Wildman–Crippen MR) is 101 cm³/mol. The van der Waals surface area contributed by atoms with Gasteiger partial charge in [-0.25, -0.2) is 4.68 Å². The van der Waals surface area contributed by atoms with E-state index >= 15 is 0 Å². The van der Waals surface area contributed by atoms with Gasteiger partial charge in [0.05, 0.1) is 11.4 Å². The van der Waals surface area contributed by atoms with Crippen molar-refractivity contribution in [2.24, 2.45) is 5.92 Å². The van der Waals surface area contributed by atoms with Crippen molar-refractivity contribution in [3.05, 3.63) is 41.6 Å². The molecule has 26 heavy (non-hydrogen) atoms. The van der Waals surface area contributed by atoms with Crippen molar-refractivity contribution in [3.63, 3.8) is 0 Å². The number of anilines is 1. The molecular weight excluding hydrogens is 326 g/mol. The summed E-state index contributed by atoms with van der Waals surface area (Å²) in [5.74, 6) is 1.05. The van der Waals surface area contributed by atoms with Gasteiger partial charge in [0.1, 0.15) is 17.5 Å². The summed E-state index contributed by atoms with van der Waals surface area (Å²) >= 11 is 0. The highest BCUT2D eigenvalue weighted by Gasteiger charge is 2.19. The van der Waals surface area contributed by atoms with Gasteiger partial charge in [-0.3, -0.25) is 4.79 Å². The number of hydrogen-bond donors (Lipinski definition) is 2. The minimum absolute atomic E-state index is 0.131. The normalized spacial score (nSPS) is 14.3. The second-order valence-electron chi connectivity index (χ2n) is 6.87. The number of nitrogens with zero attached hydrogens (tertiary/aromatic N) is 3. The summed E-state index contributed by atoms with van der Waals surface area (Å²) in [6.07, 6.45) is 6.83. The van der Waals surface area contributed by atoms with Crippen LogP contribution in [0.15, 0.2) is 30.3 Å². The van der Waals surface area contributed by atoms with E-state index in [-0.39, 0.29) is 5.91 Å². The van der Waals surface area contributed by atoms with E-state index in [9.17, 15) is 10.1 Å². The Hall–Kier alpha value is -2.81. The quantitative estimate of drug-likeness (QED) is 0.750. The number of aromatic nitrogens is 2. The van der Waals surface area contributed by atoms with Gasteiger partial charge in [0.2, 0.25) is 5.91 Å². The Balaban J connectivity index is 1.54. The molecule has 0 unspecified atom stereocenters. The second kappa shape index (κ2) is 8.52. The van der Waals surface area contributed by atoms with E-state index in [1.165, 1.54) is 25.7 Å². The first-order valence-electron chi connectivity index (χ1n) is 9.28. The number of nitrogens with one attached hydrogen (secondary N) is 1. The van der Waals surface area contributed by atoms with Gasteiger partial charge >= 0.3 is 0 Å². The average Bonchev–Trinajstić information content (AvgIpc) is 3.27. The van der Waals surface area contributed by atoms with Crippen LogP contribution in [-0.2, 0) is 11.2 Å². The minimum atomic E-state index is 0.131. The summed E-state index contributed by atoms with van der Waals surface area (Å²) in [5, 5.41) is 16.9. The van der Waals surface area contributed by atoms with Gasteiger partial charge < -0.3 is 11.1 Å². The Bertz CT molecular complexity index is 785. The first kappa shape index (κ1) is 18.0. The topological polar surface area (TPSA) is 96.7 Å². The fourth-order valence-electron chi connectivity index (χ4n) is 3.57. The molecule has 1 heterocycles. The highest BCUT2D eigenvalue weighted by atomic mass is 16.1. The molecule has 6 heteroatoms. The fraction of sp³-hybridized carbons (Fsp3) is 0.450. The molecule has 0 bridgehead atoms. The average molecular weight is 351 g/mol. The maximum Gasteiger partial charge on any atom is 0.220 e. The molecule has 1 aromatic heterocycles. The van der Waals surface area contributed by atoms with Crippen molar-refractivity contribution in [2.75, 3.05) is 12.3 Å². The molecule has 6 nitrogen and oxygen atoms in total. The number of carbonyl (C=O) groups excluding carboxylic acids is 1. The van der Waals surface area contributed by atoms with E-state index in [1.807, 2.05) is 30.3 Å². The number of carbonyl (C=O) groups is 1. The molecule has 0 aliphatic heterocycles. The van der Waals surface area contributed by atoms with Crippen LogP contribution in [0.3, 0.4) is 0 Å². The molecule has 1 aromatic carbocycles. The molecule has 136 valence electrons. The maximum absolute atomic E-state index is 12.0. The number of aryl methyl sites for hydroxylation is 1. The molecule has 1 saturated carbocycles. The molecule has 0 radical (unpaired) electrons. The number of nitriles is 1. The summed E-state index contributed by atoms with van der Waals surface area (Å²) in [7, 11) is 0. The lowest BCUT2D eigenvalue weighted by atomic mass is 10.0. The molecule has 0 saturated heterocycles. The minimum Gasteiger partial charge on any atom is -0.382 e. The first-order valence-corrected chi connectivity index (χ1v) is 9.28. The number of para-hydroxylation sites is 1. The van der Waals surface area contributed by atoms with Crippen LogP contribution in [0.1, 0.15) is 49.8 Å². The van der Waals surface area contributed by atoms with Crippen molar-refractivity contribution >= 4 is 11.7 Å². The lowest BCUT2D eigenvalue weighted by Crippen LogP contribution is -2.26. The third-order valence-electron chi connectivity index (χ3n) is 4.97. The highest BCUT2D eigenvalue weighted by Crippen LogP contribution is 2.27. The number of rotatable bonds is 7. The summed E-state index contributed by atoms with van der Waals surface area (Å²) in [5.41, 5.74) is 8.03. The molecule has 2 aromatic rings. The second-order valence-corrected chi connectivity index (χ2v) is 6.87. The monoisotopic (exact) mass is 351 g/mol. The number of hydrogen-bond acceptors (Lipinski definition) is 4. The van der Waals surface area contributed by atoms with Crippen molar-refractivity contribution in [1.82, 2.24) is 15.1 Å². The first-order chi connectivity index (χ1) is 12.7. The van der Waals surface area contributed by atoms with Crippen molar-refractivity contribution in [2.45, 2.75) is 44.9 Å². The largest absolute Gasteiger partial charge is 0.382 e. The van der Waals surface area contributed by atoms with Gasteiger partial charge in [-0.15, -0.1) is 0 Å². The van der Waals surface area contributed by atoms with Gasteiger partial charge in [-0.05, 0) is 43.7 Å². The van der Waals surface area contributed by atoms with E-state index in [0.717, 1.165) is 12.1 Å². The number of nitrogens with two attached hydrogens (primary N) is 1. The van der Waals surface area contributed by atoms with Gasteiger partial charge in [0.25, 0.3) is 0 Å². The van der Waals surface area contributed by atoms with Gasteiger partial charge in [0, 0.05) is 13.0 Å². The van der Waals surface area contributed by atoms with E-state index < -0.39 is 0 Å². The van der Waals surface area contributed by atoms with Crippen LogP contribution in [0.2, 0.25) is 0 Å². The SMILES string of the molecule is N#Cc1c(CCCNC(=O)CC2CCCC2)nn(-c2ccccc2)c1N. The van der Waals surface area contributed by atoms with Crippen LogP contribution >= 0.6 is 0 Å². The van der Waals surface area contributed by atoms with Crippen molar-refractivity contribution in [1.29, 1.82) is 5.26 Å². The fourth-order valence-corrected chi connectivity index (χ4v) is 3.57. The Kier molecular flexibility index (Phi) is 5.90. The molecule has 3 rings (SSSR count). The maximum atomic E-state index is 12.0. The predicted octanol–water partition coefficient (Wildman–Crippen LogP) is 2.96. The molecule has 1 fully saturated rings. The van der Waals surface area contributed by atoms with Crippen LogP contribution in [0.4, 0.5) is 5.82 Å². The zero-order chi connectivity index (χ0) is 18.4. The van der Waals surface area contributed by atoms with Crippen LogP contribution in [-0.4, -0.2) is 22.2 Å². The smallest absolute Gasteiger partial charge is 0.220 e. The Labute approximate surface area is 154 Å². The number of nitrogen functional groups attached to an aromatic ring is 1. The third kappa shape index (κ3) is 4.23. The summed E-state index contributed by atoms with van der Waals surface area (Å²) in [6, 6.07) is 11.7. The van der Waals surface area contributed by atoms with E-state index in [1.54, 1.807) is 4.68 Å². The van der Waals surface area contributed by atoms with E-state index in [0.29, 0.717) is 42.4 Å². The van der Waals surface area contributed by atoms with E-state index in [4.69, 9.17) is 5.73 Å². The lowest BCUT2D eigenvalue weighted by molar-refractivity contribution is -0.121. The highest BCUT2D eigenvalue weighted by molar-refractivity contribution is 5.76. The van der Waals surface area contributed by atoms with Crippen LogP contribution < -0.4 is 11.1 Å². The van der Waals surface area contributed by atoms with Crippen LogP contribution in [0.25, 0.3) is 5.69 Å². The summed E-state index contributed by atoms with van der Waals surface area (Å²) in [6.45, 7) is 0.592. The molecule has 3 N–H and O–H groups in total. The Morgan fingerprint density at radius 1 is 1.31 bits per heavy atom. The Morgan fingerprint density at radius 3 is 2.73 bits per heavy atom. The molecule has 1 amide bonds. The van der Waals surface area contributed by atoms with Gasteiger partial charge in [-0.2, -0.15) is 10.4 Å². The van der Waals surface area contributed by atoms with E-state index in [2.05, 4.69) is 16.5 Å². The van der Waals surface area contributed by atoms with Crippen LogP contribution in [0, 0.1) is 17.2 Å². The van der Waals surface area contributed by atoms with Crippen molar-refractivity contribution < 1.29 is 4.79 Å². The molecule has 0 spiro atoms. The third-order valence-corrected chi connectivity index (χ3v) is 4.97. The van der Waals surface area contributed by atoms with Gasteiger partial charge in [-0.1, -0.05) is 31.0 Å². The molecular formula is C20H25N5O.